The molecular formula is C21H20ClN5O. The van der Waals surface area contributed by atoms with E-state index < -0.39 is 0 Å². The van der Waals surface area contributed by atoms with E-state index in [-0.39, 0.29) is 5.91 Å². The topological polar surface area (TPSA) is 83.6 Å². The molecule has 0 aliphatic carbocycles. The summed E-state index contributed by atoms with van der Waals surface area (Å²) in [6.45, 7) is 6.92. The summed E-state index contributed by atoms with van der Waals surface area (Å²) in [5.74, 6) is -0.180. The van der Waals surface area contributed by atoms with Gasteiger partial charge in [-0.25, -0.2) is 0 Å². The Morgan fingerprint density at radius 2 is 2.07 bits per heavy atom. The molecule has 1 aromatic carbocycles. The van der Waals surface area contributed by atoms with Crippen molar-refractivity contribution in [3.05, 3.63) is 69.8 Å². The number of rotatable bonds is 5. The van der Waals surface area contributed by atoms with Crippen LogP contribution >= 0.6 is 11.6 Å². The number of carbonyl (C=O) groups is 1. The number of hydrogen-bond donors (Lipinski definition) is 1. The van der Waals surface area contributed by atoms with Gasteiger partial charge in [-0.1, -0.05) is 23.7 Å². The summed E-state index contributed by atoms with van der Waals surface area (Å²) in [5.41, 5.74) is 5.59. The van der Waals surface area contributed by atoms with Crippen molar-refractivity contribution in [2.45, 2.75) is 27.3 Å². The Morgan fingerprint density at radius 1 is 1.29 bits per heavy atom. The predicted molar refractivity (Wildman–Crippen MR) is 108 cm³/mol. The van der Waals surface area contributed by atoms with Gasteiger partial charge in [-0.3, -0.25) is 14.5 Å². The van der Waals surface area contributed by atoms with E-state index in [2.05, 4.69) is 21.5 Å². The van der Waals surface area contributed by atoms with Crippen LogP contribution < -0.4 is 5.32 Å². The maximum atomic E-state index is 11.8. The molecule has 0 aliphatic heterocycles. The SMILES string of the molecule is CCNC(=O)c1ccc(Cn2nc(C)c(-c3ccc(C#N)c(Cl)c3)c2C)cn1. The molecule has 0 saturated heterocycles. The molecule has 28 heavy (non-hydrogen) atoms. The zero-order valence-corrected chi connectivity index (χ0v) is 16.7. The zero-order chi connectivity index (χ0) is 20.3. The van der Waals surface area contributed by atoms with Gasteiger partial charge in [0.1, 0.15) is 11.8 Å². The lowest BCUT2D eigenvalue weighted by Gasteiger charge is -2.07. The molecule has 0 aliphatic rings. The smallest absolute Gasteiger partial charge is 0.269 e. The molecule has 0 bridgehead atoms. The van der Waals surface area contributed by atoms with Crippen LogP contribution in [-0.2, 0) is 6.54 Å². The molecule has 3 rings (SSSR count). The fourth-order valence-electron chi connectivity index (χ4n) is 3.11. The maximum absolute atomic E-state index is 11.8. The van der Waals surface area contributed by atoms with Crippen molar-refractivity contribution in [3.63, 3.8) is 0 Å². The molecule has 0 saturated carbocycles. The molecule has 6 nitrogen and oxygen atoms in total. The summed E-state index contributed by atoms with van der Waals surface area (Å²) in [7, 11) is 0. The van der Waals surface area contributed by atoms with E-state index in [4.69, 9.17) is 16.9 Å². The zero-order valence-electron chi connectivity index (χ0n) is 16.0. The molecule has 3 aromatic rings. The summed E-state index contributed by atoms with van der Waals surface area (Å²) in [5, 5.41) is 16.9. The van der Waals surface area contributed by atoms with Crippen molar-refractivity contribution >= 4 is 17.5 Å². The van der Waals surface area contributed by atoms with Crippen LogP contribution in [0.15, 0.2) is 36.5 Å². The molecule has 0 radical (unpaired) electrons. The third-order valence-electron chi connectivity index (χ3n) is 4.49. The standard InChI is InChI=1S/C21H20ClN5O/c1-4-24-21(28)19-8-5-15(11-25-19)12-27-14(3)20(13(2)26-27)16-6-7-17(10-23)18(22)9-16/h5-9,11H,4,12H2,1-3H3,(H,24,28). The first-order valence-corrected chi connectivity index (χ1v) is 9.29. The van der Waals surface area contributed by atoms with E-state index in [1.165, 1.54) is 0 Å². The lowest BCUT2D eigenvalue weighted by Crippen LogP contribution is -2.23. The van der Waals surface area contributed by atoms with Crippen molar-refractivity contribution in [2.24, 2.45) is 0 Å². The Labute approximate surface area is 168 Å². The van der Waals surface area contributed by atoms with Crippen molar-refractivity contribution in [1.29, 1.82) is 5.26 Å². The molecule has 0 fully saturated rings. The highest BCUT2D eigenvalue weighted by Crippen LogP contribution is 2.30. The predicted octanol–water partition coefficient (Wildman–Crippen LogP) is 3.89. The number of halogens is 1. The summed E-state index contributed by atoms with van der Waals surface area (Å²) < 4.78 is 1.90. The molecule has 7 heteroatoms. The van der Waals surface area contributed by atoms with E-state index in [9.17, 15) is 4.79 Å². The Balaban J connectivity index is 1.87. The minimum Gasteiger partial charge on any atom is -0.351 e. The lowest BCUT2D eigenvalue weighted by atomic mass is 10.0. The summed E-state index contributed by atoms with van der Waals surface area (Å²) in [4.78, 5) is 16.1. The van der Waals surface area contributed by atoms with Crippen LogP contribution in [0.2, 0.25) is 5.02 Å². The van der Waals surface area contributed by atoms with E-state index in [0.29, 0.717) is 29.4 Å². The molecule has 1 amide bonds. The summed E-state index contributed by atoms with van der Waals surface area (Å²) in [6, 6.07) is 11.1. The van der Waals surface area contributed by atoms with E-state index in [1.807, 2.05) is 37.6 Å². The van der Waals surface area contributed by atoms with Gasteiger partial charge in [-0.15, -0.1) is 0 Å². The average Bonchev–Trinajstić information content (AvgIpc) is 2.95. The first-order chi connectivity index (χ1) is 13.4. The number of amides is 1. The minimum absolute atomic E-state index is 0.180. The van der Waals surface area contributed by atoms with Crippen molar-refractivity contribution < 1.29 is 4.79 Å². The van der Waals surface area contributed by atoms with Gasteiger partial charge in [0.05, 0.1) is 22.8 Å². The molecule has 0 atom stereocenters. The van der Waals surface area contributed by atoms with Crippen LogP contribution in [0.3, 0.4) is 0 Å². The minimum atomic E-state index is -0.180. The van der Waals surface area contributed by atoms with Gasteiger partial charge in [0.15, 0.2) is 0 Å². The fourth-order valence-corrected chi connectivity index (χ4v) is 3.33. The van der Waals surface area contributed by atoms with Crippen molar-refractivity contribution in [3.8, 4) is 17.2 Å². The molecule has 2 aromatic heterocycles. The monoisotopic (exact) mass is 393 g/mol. The molecular weight excluding hydrogens is 374 g/mol. The van der Waals surface area contributed by atoms with Crippen LogP contribution in [0.25, 0.3) is 11.1 Å². The quantitative estimate of drug-likeness (QED) is 0.712. The highest BCUT2D eigenvalue weighted by molar-refractivity contribution is 6.32. The summed E-state index contributed by atoms with van der Waals surface area (Å²) in [6.07, 6.45) is 1.69. The maximum Gasteiger partial charge on any atom is 0.269 e. The third kappa shape index (κ3) is 3.90. The Morgan fingerprint density at radius 3 is 2.68 bits per heavy atom. The first-order valence-electron chi connectivity index (χ1n) is 8.91. The lowest BCUT2D eigenvalue weighted by molar-refractivity contribution is 0.0951. The molecule has 0 spiro atoms. The van der Waals surface area contributed by atoms with Crippen LogP contribution in [-0.4, -0.2) is 27.2 Å². The Kier molecular flexibility index (Phi) is 5.76. The summed E-state index contributed by atoms with van der Waals surface area (Å²) >= 11 is 6.19. The second-order valence-electron chi connectivity index (χ2n) is 6.42. The van der Waals surface area contributed by atoms with E-state index in [0.717, 1.165) is 28.1 Å². The Hall–Kier alpha value is -3.17. The number of carbonyl (C=O) groups excluding carboxylic acids is 1. The fraction of sp³-hybridized carbons (Fsp3) is 0.238. The number of nitrogens with one attached hydrogen (secondary N) is 1. The van der Waals surface area contributed by atoms with E-state index >= 15 is 0 Å². The molecule has 2 heterocycles. The van der Waals surface area contributed by atoms with Gasteiger partial charge < -0.3 is 5.32 Å². The largest absolute Gasteiger partial charge is 0.351 e. The van der Waals surface area contributed by atoms with Crippen molar-refractivity contribution in [2.75, 3.05) is 6.54 Å². The second-order valence-corrected chi connectivity index (χ2v) is 6.83. The number of benzene rings is 1. The van der Waals surface area contributed by atoms with Gasteiger partial charge in [-0.05, 0) is 50.1 Å². The van der Waals surface area contributed by atoms with Gasteiger partial charge in [0, 0.05) is 24.0 Å². The average molecular weight is 394 g/mol. The van der Waals surface area contributed by atoms with Gasteiger partial charge in [0.2, 0.25) is 0 Å². The van der Waals surface area contributed by atoms with Crippen LogP contribution in [0.5, 0.6) is 0 Å². The van der Waals surface area contributed by atoms with Crippen LogP contribution in [0, 0.1) is 25.2 Å². The number of aromatic nitrogens is 3. The number of aryl methyl sites for hydroxylation is 1. The van der Waals surface area contributed by atoms with Crippen molar-refractivity contribution in [1.82, 2.24) is 20.1 Å². The van der Waals surface area contributed by atoms with Gasteiger partial charge >= 0.3 is 0 Å². The van der Waals surface area contributed by atoms with Crippen LogP contribution in [0.1, 0.15) is 39.9 Å². The second kappa shape index (κ2) is 8.24. The van der Waals surface area contributed by atoms with Gasteiger partial charge in [-0.2, -0.15) is 10.4 Å². The Bertz CT molecular complexity index is 1060. The highest BCUT2D eigenvalue weighted by atomic mass is 35.5. The molecule has 1 N–H and O–H groups in total. The van der Waals surface area contributed by atoms with Gasteiger partial charge in [0.25, 0.3) is 5.91 Å². The molecule has 0 unspecified atom stereocenters. The number of nitriles is 1. The van der Waals surface area contributed by atoms with E-state index in [1.54, 1.807) is 24.4 Å². The molecule has 142 valence electrons. The number of pyridine rings is 1. The highest BCUT2D eigenvalue weighted by Gasteiger charge is 2.15. The third-order valence-corrected chi connectivity index (χ3v) is 4.80. The van der Waals surface area contributed by atoms with Crippen LogP contribution in [0.4, 0.5) is 0 Å². The normalized spacial score (nSPS) is 10.5. The number of nitrogens with zero attached hydrogens (tertiary/aromatic N) is 4. The first kappa shape index (κ1) is 19.6. The number of hydrogen-bond acceptors (Lipinski definition) is 4.